The molecule has 0 saturated carbocycles. The molecule has 0 atom stereocenters. The predicted molar refractivity (Wildman–Crippen MR) is 75.4 cm³/mol. The Morgan fingerprint density at radius 2 is 2.00 bits per heavy atom. The molecule has 0 bridgehead atoms. The molecule has 0 aliphatic carbocycles. The van der Waals surface area contributed by atoms with Crippen LogP contribution < -0.4 is 9.47 Å². The summed E-state index contributed by atoms with van der Waals surface area (Å²) < 4.78 is 24.3. The van der Waals surface area contributed by atoms with Crippen LogP contribution in [0, 0.1) is 12.7 Å². The fourth-order valence-electron chi connectivity index (χ4n) is 1.92. The van der Waals surface area contributed by atoms with Crippen molar-refractivity contribution in [1.82, 2.24) is 0 Å². The standard InChI is InChI=1S/C16H15FO4/c1-10-6-7-13(12(8-10)16(18)19)21-9-11-4-3-5-14(20-2)15(11)17/h3-8H,9H2,1-2H3,(H,18,19). The molecule has 0 fully saturated rings. The molecule has 2 aromatic carbocycles. The molecular weight excluding hydrogens is 275 g/mol. The molecule has 0 heterocycles. The van der Waals surface area contributed by atoms with Crippen LogP contribution in [0.1, 0.15) is 21.5 Å². The average molecular weight is 290 g/mol. The van der Waals surface area contributed by atoms with E-state index in [-0.39, 0.29) is 23.7 Å². The number of carbonyl (C=O) groups is 1. The van der Waals surface area contributed by atoms with E-state index >= 15 is 0 Å². The van der Waals surface area contributed by atoms with Gasteiger partial charge in [-0.1, -0.05) is 23.8 Å². The number of hydrogen-bond donors (Lipinski definition) is 1. The summed E-state index contributed by atoms with van der Waals surface area (Å²) in [4.78, 5) is 11.2. The van der Waals surface area contributed by atoms with Crippen molar-refractivity contribution in [3.05, 3.63) is 58.9 Å². The third-order valence-corrected chi connectivity index (χ3v) is 3.01. The number of carboxylic acid groups (broad SMARTS) is 1. The summed E-state index contributed by atoms with van der Waals surface area (Å²) in [6, 6.07) is 9.54. The highest BCUT2D eigenvalue weighted by molar-refractivity contribution is 5.91. The quantitative estimate of drug-likeness (QED) is 0.916. The van der Waals surface area contributed by atoms with Crippen molar-refractivity contribution in [2.45, 2.75) is 13.5 Å². The Morgan fingerprint density at radius 1 is 1.24 bits per heavy atom. The lowest BCUT2D eigenvalue weighted by Gasteiger charge is -2.11. The van der Waals surface area contributed by atoms with Gasteiger partial charge in [0.05, 0.1) is 7.11 Å². The number of methoxy groups -OCH3 is 1. The number of halogens is 1. The van der Waals surface area contributed by atoms with Crippen molar-refractivity contribution >= 4 is 5.97 Å². The van der Waals surface area contributed by atoms with Gasteiger partial charge in [0.15, 0.2) is 11.6 Å². The summed E-state index contributed by atoms with van der Waals surface area (Å²) in [5.74, 6) is -1.27. The lowest BCUT2D eigenvalue weighted by molar-refractivity contribution is 0.0691. The number of ether oxygens (including phenoxy) is 2. The van der Waals surface area contributed by atoms with E-state index in [9.17, 15) is 9.18 Å². The van der Waals surface area contributed by atoms with Crippen LogP contribution in [0.25, 0.3) is 0 Å². The molecule has 0 saturated heterocycles. The predicted octanol–water partition coefficient (Wildman–Crippen LogP) is 3.42. The van der Waals surface area contributed by atoms with Gasteiger partial charge in [0, 0.05) is 5.56 Å². The summed E-state index contributed by atoms with van der Waals surface area (Å²) in [6.07, 6.45) is 0. The maximum atomic E-state index is 14.0. The van der Waals surface area contributed by atoms with E-state index in [4.69, 9.17) is 14.6 Å². The van der Waals surface area contributed by atoms with Crippen LogP contribution in [0.15, 0.2) is 36.4 Å². The Balaban J connectivity index is 2.23. The molecule has 2 rings (SSSR count). The second-order valence-electron chi connectivity index (χ2n) is 4.53. The minimum absolute atomic E-state index is 0.0540. The first-order valence-electron chi connectivity index (χ1n) is 6.31. The van der Waals surface area contributed by atoms with Gasteiger partial charge in [-0.25, -0.2) is 9.18 Å². The van der Waals surface area contributed by atoms with Crippen LogP contribution in [-0.4, -0.2) is 18.2 Å². The fourth-order valence-corrected chi connectivity index (χ4v) is 1.92. The highest BCUT2D eigenvalue weighted by Crippen LogP contribution is 2.24. The van der Waals surface area contributed by atoms with Crippen LogP contribution in [-0.2, 0) is 6.61 Å². The molecular formula is C16H15FO4. The summed E-state index contributed by atoms with van der Waals surface area (Å²) in [7, 11) is 1.38. The van der Waals surface area contributed by atoms with Gasteiger partial charge < -0.3 is 14.6 Å². The Hall–Kier alpha value is -2.56. The number of hydrogen-bond acceptors (Lipinski definition) is 3. The minimum Gasteiger partial charge on any atom is -0.494 e. The van der Waals surface area contributed by atoms with Crippen molar-refractivity contribution in [2.75, 3.05) is 7.11 Å². The van der Waals surface area contributed by atoms with Gasteiger partial charge in [-0.2, -0.15) is 0 Å². The second-order valence-corrected chi connectivity index (χ2v) is 4.53. The number of aromatic carboxylic acids is 1. The summed E-state index contributed by atoms with van der Waals surface area (Å²) in [5, 5.41) is 9.15. The fraction of sp³-hybridized carbons (Fsp3) is 0.188. The van der Waals surface area contributed by atoms with E-state index in [1.54, 1.807) is 31.2 Å². The molecule has 0 spiro atoms. The van der Waals surface area contributed by atoms with Crippen molar-refractivity contribution in [3.63, 3.8) is 0 Å². The van der Waals surface area contributed by atoms with Crippen molar-refractivity contribution in [2.24, 2.45) is 0 Å². The molecule has 1 N–H and O–H groups in total. The smallest absolute Gasteiger partial charge is 0.339 e. The van der Waals surface area contributed by atoms with Crippen LogP contribution in [0.5, 0.6) is 11.5 Å². The van der Waals surface area contributed by atoms with Gasteiger partial charge in [-0.05, 0) is 25.1 Å². The van der Waals surface area contributed by atoms with E-state index in [1.807, 2.05) is 0 Å². The van der Waals surface area contributed by atoms with Crippen molar-refractivity contribution in [3.8, 4) is 11.5 Å². The first kappa shape index (κ1) is 14.8. The van der Waals surface area contributed by atoms with Crippen LogP contribution in [0.2, 0.25) is 0 Å². The molecule has 21 heavy (non-hydrogen) atoms. The molecule has 0 aliphatic heterocycles. The topological polar surface area (TPSA) is 55.8 Å². The van der Waals surface area contributed by atoms with Crippen LogP contribution in [0.4, 0.5) is 4.39 Å². The van der Waals surface area contributed by atoms with E-state index in [0.29, 0.717) is 5.56 Å². The first-order valence-corrected chi connectivity index (χ1v) is 6.31. The Bertz CT molecular complexity index is 667. The third-order valence-electron chi connectivity index (χ3n) is 3.01. The molecule has 0 radical (unpaired) electrons. The highest BCUT2D eigenvalue weighted by Gasteiger charge is 2.13. The summed E-state index contributed by atoms with van der Waals surface area (Å²) >= 11 is 0. The molecule has 0 unspecified atom stereocenters. The first-order chi connectivity index (χ1) is 10.0. The largest absolute Gasteiger partial charge is 0.494 e. The van der Waals surface area contributed by atoms with E-state index in [2.05, 4.69) is 0 Å². The molecule has 2 aromatic rings. The van der Waals surface area contributed by atoms with E-state index < -0.39 is 11.8 Å². The zero-order valence-corrected chi connectivity index (χ0v) is 11.7. The molecule has 0 aromatic heterocycles. The van der Waals surface area contributed by atoms with Crippen molar-refractivity contribution in [1.29, 1.82) is 0 Å². The van der Waals surface area contributed by atoms with Gasteiger partial charge in [0.2, 0.25) is 0 Å². The number of rotatable bonds is 5. The van der Waals surface area contributed by atoms with Gasteiger partial charge in [-0.15, -0.1) is 0 Å². The normalized spacial score (nSPS) is 10.2. The average Bonchev–Trinajstić information content (AvgIpc) is 2.47. The lowest BCUT2D eigenvalue weighted by atomic mass is 10.1. The zero-order chi connectivity index (χ0) is 15.4. The maximum Gasteiger partial charge on any atom is 0.339 e. The lowest BCUT2D eigenvalue weighted by Crippen LogP contribution is -2.05. The number of benzene rings is 2. The van der Waals surface area contributed by atoms with Crippen LogP contribution >= 0.6 is 0 Å². The van der Waals surface area contributed by atoms with Crippen LogP contribution in [0.3, 0.4) is 0 Å². The molecule has 0 amide bonds. The van der Waals surface area contributed by atoms with Gasteiger partial charge in [0.25, 0.3) is 0 Å². The summed E-state index contributed by atoms with van der Waals surface area (Å²) in [5.41, 5.74) is 1.16. The number of carboxylic acids is 1. The summed E-state index contributed by atoms with van der Waals surface area (Å²) in [6.45, 7) is 1.71. The maximum absolute atomic E-state index is 14.0. The van der Waals surface area contributed by atoms with Gasteiger partial charge in [-0.3, -0.25) is 0 Å². The third kappa shape index (κ3) is 3.31. The highest BCUT2D eigenvalue weighted by atomic mass is 19.1. The zero-order valence-electron chi connectivity index (χ0n) is 11.7. The molecule has 4 nitrogen and oxygen atoms in total. The SMILES string of the molecule is COc1cccc(COc2ccc(C)cc2C(=O)O)c1F. The van der Waals surface area contributed by atoms with Crippen molar-refractivity contribution < 1.29 is 23.8 Å². The number of aryl methyl sites for hydroxylation is 1. The van der Waals surface area contributed by atoms with Gasteiger partial charge >= 0.3 is 5.97 Å². The second kappa shape index (κ2) is 6.26. The molecule has 5 heteroatoms. The van der Waals surface area contributed by atoms with E-state index in [1.165, 1.54) is 19.2 Å². The Labute approximate surface area is 121 Å². The molecule has 110 valence electrons. The monoisotopic (exact) mass is 290 g/mol. The Morgan fingerprint density at radius 3 is 2.67 bits per heavy atom. The van der Waals surface area contributed by atoms with E-state index in [0.717, 1.165) is 5.56 Å². The minimum atomic E-state index is -1.08. The Kier molecular flexibility index (Phi) is 4.42. The van der Waals surface area contributed by atoms with Gasteiger partial charge in [0.1, 0.15) is 17.9 Å². The molecule has 0 aliphatic rings.